The molecule has 0 N–H and O–H groups in total. The summed E-state index contributed by atoms with van der Waals surface area (Å²) in [4.78, 5) is 0.185. The van der Waals surface area contributed by atoms with Crippen LogP contribution in [0.15, 0.2) is 23.1 Å². The van der Waals surface area contributed by atoms with Gasteiger partial charge < -0.3 is 0 Å². The predicted octanol–water partition coefficient (Wildman–Crippen LogP) is 4.02. The van der Waals surface area contributed by atoms with Gasteiger partial charge in [-0.15, -0.1) is 11.6 Å². The Morgan fingerprint density at radius 3 is 2.30 bits per heavy atom. The molecule has 0 bridgehead atoms. The van der Waals surface area contributed by atoms with Gasteiger partial charge in [0.25, 0.3) is 0 Å². The molecule has 1 unspecified atom stereocenters. The van der Waals surface area contributed by atoms with Crippen LogP contribution in [0.4, 0.5) is 0 Å². The first-order chi connectivity index (χ1) is 9.32. The lowest BCUT2D eigenvalue weighted by molar-refractivity contribution is 0.271. The third-order valence-corrected chi connectivity index (χ3v) is 6.67. The topological polar surface area (TPSA) is 37.4 Å². The van der Waals surface area contributed by atoms with Gasteiger partial charge in [0.15, 0.2) is 0 Å². The Bertz CT molecular complexity index is 581. The van der Waals surface area contributed by atoms with Crippen molar-refractivity contribution in [2.45, 2.75) is 30.0 Å². The molecule has 0 amide bonds. The van der Waals surface area contributed by atoms with Gasteiger partial charge in [0.05, 0.1) is 14.9 Å². The van der Waals surface area contributed by atoms with E-state index in [4.69, 9.17) is 34.8 Å². The highest BCUT2D eigenvalue weighted by atomic mass is 35.5. The smallest absolute Gasteiger partial charge is 0.207 e. The summed E-state index contributed by atoms with van der Waals surface area (Å²) in [6.07, 6.45) is 1.57. The van der Waals surface area contributed by atoms with E-state index in [1.807, 2.05) is 6.92 Å². The lowest BCUT2D eigenvalue weighted by Gasteiger charge is -2.32. The van der Waals surface area contributed by atoms with Gasteiger partial charge in [0.2, 0.25) is 10.0 Å². The van der Waals surface area contributed by atoms with Crippen LogP contribution >= 0.6 is 34.8 Å². The number of alkyl halides is 1. The van der Waals surface area contributed by atoms with Crippen LogP contribution in [0.5, 0.6) is 0 Å². The van der Waals surface area contributed by atoms with Crippen LogP contribution in [-0.4, -0.2) is 31.2 Å². The Balaban J connectivity index is 2.17. The second-order valence-corrected chi connectivity index (χ2v) is 8.44. The Hall–Kier alpha value is -0.000000000000000111. The molecule has 1 aliphatic heterocycles. The van der Waals surface area contributed by atoms with Crippen LogP contribution in [0.1, 0.15) is 19.8 Å². The van der Waals surface area contributed by atoms with E-state index in [2.05, 4.69) is 0 Å². The molecule has 0 radical (unpaired) electrons. The fourth-order valence-corrected chi connectivity index (χ4v) is 4.47. The lowest BCUT2D eigenvalue weighted by atomic mass is 9.95. The average molecular weight is 357 g/mol. The van der Waals surface area contributed by atoms with Gasteiger partial charge in [-0.2, -0.15) is 4.31 Å². The Labute approximate surface area is 134 Å². The van der Waals surface area contributed by atoms with E-state index in [9.17, 15) is 8.42 Å². The molecule has 0 aromatic heterocycles. The molecule has 0 aliphatic carbocycles. The van der Waals surface area contributed by atoms with Crippen molar-refractivity contribution in [3.05, 3.63) is 28.2 Å². The first-order valence-corrected chi connectivity index (χ1v) is 9.05. The first kappa shape index (κ1) is 16.4. The van der Waals surface area contributed by atoms with E-state index < -0.39 is 10.0 Å². The second-order valence-electron chi connectivity index (χ2n) is 4.99. The van der Waals surface area contributed by atoms with Crippen molar-refractivity contribution in [3.63, 3.8) is 0 Å². The molecule has 1 aliphatic rings. The highest BCUT2D eigenvalue weighted by Gasteiger charge is 2.31. The zero-order chi connectivity index (χ0) is 14.9. The number of sulfonamides is 1. The summed E-state index contributed by atoms with van der Waals surface area (Å²) in [5.41, 5.74) is 0. The van der Waals surface area contributed by atoms with E-state index in [1.165, 1.54) is 22.5 Å². The van der Waals surface area contributed by atoms with Crippen LogP contribution in [0.2, 0.25) is 10.0 Å². The van der Waals surface area contributed by atoms with Gasteiger partial charge in [-0.05, 0) is 43.9 Å². The molecule has 1 atom stereocenters. The molecule has 0 spiro atoms. The quantitative estimate of drug-likeness (QED) is 0.767. The number of rotatable bonds is 3. The van der Waals surface area contributed by atoms with Crippen molar-refractivity contribution in [2.24, 2.45) is 5.92 Å². The third-order valence-electron chi connectivity index (χ3n) is 3.68. The SMILES string of the molecule is CC(Cl)C1CCN(S(=O)(=O)c2ccc(Cl)c(Cl)c2)CC1. The molecular weight excluding hydrogens is 341 g/mol. The number of hydrogen-bond acceptors (Lipinski definition) is 2. The van der Waals surface area contributed by atoms with E-state index >= 15 is 0 Å². The van der Waals surface area contributed by atoms with Crippen LogP contribution in [0.3, 0.4) is 0 Å². The Kier molecular flexibility index (Phi) is 5.24. The van der Waals surface area contributed by atoms with Gasteiger partial charge in [-0.1, -0.05) is 23.2 Å². The molecule has 1 aromatic rings. The molecule has 7 heteroatoms. The molecule has 0 saturated carbocycles. The first-order valence-electron chi connectivity index (χ1n) is 6.41. The molecule has 2 rings (SSSR count). The zero-order valence-electron chi connectivity index (χ0n) is 11.0. The molecule has 1 saturated heterocycles. The fourth-order valence-electron chi connectivity index (χ4n) is 2.36. The van der Waals surface area contributed by atoms with Crippen molar-refractivity contribution < 1.29 is 8.42 Å². The highest BCUT2D eigenvalue weighted by molar-refractivity contribution is 7.89. The summed E-state index contributed by atoms with van der Waals surface area (Å²) in [6.45, 7) is 2.93. The summed E-state index contributed by atoms with van der Waals surface area (Å²) in [5, 5.41) is 0.669. The van der Waals surface area contributed by atoms with Gasteiger partial charge in [0, 0.05) is 18.5 Å². The number of hydrogen-bond donors (Lipinski definition) is 0. The van der Waals surface area contributed by atoms with Crippen LogP contribution in [-0.2, 0) is 10.0 Å². The molecule has 112 valence electrons. The molecular formula is C13H16Cl3NO2S. The maximum Gasteiger partial charge on any atom is 0.243 e. The summed E-state index contributed by atoms with van der Waals surface area (Å²) in [5.74, 6) is 0.372. The van der Waals surface area contributed by atoms with Gasteiger partial charge in [0.1, 0.15) is 0 Å². The summed E-state index contributed by atoms with van der Waals surface area (Å²) in [7, 11) is -3.50. The van der Waals surface area contributed by atoms with E-state index in [1.54, 1.807) is 0 Å². The van der Waals surface area contributed by atoms with Crippen molar-refractivity contribution in [1.29, 1.82) is 0 Å². The summed E-state index contributed by atoms with van der Waals surface area (Å²) in [6, 6.07) is 4.39. The fraction of sp³-hybridized carbons (Fsp3) is 0.538. The molecule has 1 fully saturated rings. The van der Waals surface area contributed by atoms with Crippen LogP contribution < -0.4 is 0 Å². The maximum absolute atomic E-state index is 12.5. The van der Waals surface area contributed by atoms with Crippen molar-refractivity contribution >= 4 is 44.8 Å². The number of piperidine rings is 1. The second kappa shape index (κ2) is 6.41. The van der Waals surface area contributed by atoms with Crippen molar-refractivity contribution in [2.75, 3.05) is 13.1 Å². The Morgan fingerprint density at radius 1 is 1.20 bits per heavy atom. The lowest BCUT2D eigenvalue weighted by Crippen LogP contribution is -2.39. The average Bonchev–Trinajstić information content (AvgIpc) is 2.41. The summed E-state index contributed by atoms with van der Waals surface area (Å²) >= 11 is 17.8. The monoisotopic (exact) mass is 355 g/mol. The number of halogens is 3. The van der Waals surface area contributed by atoms with Gasteiger partial charge >= 0.3 is 0 Å². The van der Waals surface area contributed by atoms with Crippen molar-refractivity contribution in [3.8, 4) is 0 Å². The standard InChI is InChI=1S/C13H16Cl3NO2S/c1-9(14)10-4-6-17(7-5-10)20(18,19)11-2-3-12(15)13(16)8-11/h2-3,8-10H,4-7H2,1H3. The number of nitrogens with zero attached hydrogens (tertiary/aromatic N) is 1. The van der Waals surface area contributed by atoms with E-state index in [0.717, 1.165) is 12.8 Å². The predicted molar refractivity (Wildman–Crippen MR) is 83.3 cm³/mol. The maximum atomic E-state index is 12.5. The van der Waals surface area contributed by atoms with Crippen LogP contribution in [0, 0.1) is 5.92 Å². The van der Waals surface area contributed by atoms with Gasteiger partial charge in [-0.25, -0.2) is 8.42 Å². The summed E-state index contributed by atoms with van der Waals surface area (Å²) < 4.78 is 26.5. The third kappa shape index (κ3) is 3.42. The number of benzene rings is 1. The van der Waals surface area contributed by atoms with Crippen LogP contribution in [0.25, 0.3) is 0 Å². The highest BCUT2D eigenvalue weighted by Crippen LogP contribution is 2.30. The minimum atomic E-state index is -3.50. The van der Waals surface area contributed by atoms with Crippen molar-refractivity contribution in [1.82, 2.24) is 4.31 Å². The molecule has 20 heavy (non-hydrogen) atoms. The van der Waals surface area contributed by atoms with E-state index in [0.29, 0.717) is 24.0 Å². The normalized spacial score (nSPS) is 20.0. The molecule has 1 aromatic carbocycles. The largest absolute Gasteiger partial charge is 0.243 e. The zero-order valence-corrected chi connectivity index (χ0v) is 14.1. The minimum Gasteiger partial charge on any atom is -0.207 e. The molecule has 3 nitrogen and oxygen atoms in total. The Morgan fingerprint density at radius 2 is 1.80 bits per heavy atom. The molecule has 1 heterocycles. The minimum absolute atomic E-state index is 0.0739. The van der Waals surface area contributed by atoms with E-state index in [-0.39, 0.29) is 15.3 Å². The van der Waals surface area contributed by atoms with Gasteiger partial charge in [-0.3, -0.25) is 0 Å².